The van der Waals surface area contributed by atoms with E-state index < -0.39 is 0 Å². The number of aryl methyl sites for hydroxylation is 2. The van der Waals surface area contributed by atoms with Crippen LogP contribution in [0.15, 0.2) is 53.6 Å². The van der Waals surface area contributed by atoms with Crippen molar-refractivity contribution < 1.29 is 80.2 Å². The molecule has 1 aliphatic carbocycles. The molecule has 0 saturated carbocycles. The number of phenolic OH excluding ortho intramolecular Hbond substituents is 6. The molecule has 0 aliphatic heterocycles. The topological polar surface area (TPSA) is 396 Å². The summed E-state index contributed by atoms with van der Waals surface area (Å²) in [5, 5.41) is 69.0. The smallest absolute Gasteiger partial charge is 0.508 e. The minimum atomic E-state index is -0.0432. The Bertz CT molecular complexity index is 1760. The molecule has 65 heavy (non-hydrogen) atoms. The van der Waals surface area contributed by atoms with E-state index in [1.54, 1.807) is 58.0 Å². The summed E-state index contributed by atoms with van der Waals surface area (Å²) < 4.78 is 0. The summed E-state index contributed by atoms with van der Waals surface area (Å²) in [6.45, 7) is 28.8. The summed E-state index contributed by atoms with van der Waals surface area (Å²) in [6.07, 6.45) is 4.11. The molecule has 0 fully saturated rings. The standard InChI is InChI=1S/C11H16O2.2C10H14O2.C10H12O2.C3H8.Fe.H2O2.4O2.2H2O.H2/c1-6(2)9-5-10(12)7(3)8(4)11(9)13;3*1-6(2)8-5-9(11)7(3)4-10(8)12;1-3-2;;5*1-2;;;/h5-6,12-13H,1-4H3;2*4-6,11-12H,1-3H3;4-6H,1-3H3;3H2,1-2H3;;1-2H;;;;;2*1H2;1H/q;;;;;+2;;;;;;;;. The van der Waals surface area contributed by atoms with Crippen LogP contribution in [0.5, 0.6) is 34.5 Å². The Morgan fingerprint density at radius 1 is 0.446 bits per heavy atom. The number of phenols is 6. The first kappa shape index (κ1) is 79.4. The molecule has 0 atom stereocenters. The van der Waals surface area contributed by atoms with Gasteiger partial charge in [0.25, 0.3) is 0 Å². The maximum absolute atomic E-state index is 11.3. The second kappa shape index (κ2) is 44.6. The molecule has 3 aromatic rings. The van der Waals surface area contributed by atoms with Gasteiger partial charge in [-0.3, -0.25) is 20.1 Å². The number of carbonyl (C=O) groups excluding carboxylic acids is 2. The molecule has 3 aromatic carbocycles. The van der Waals surface area contributed by atoms with Gasteiger partial charge in [-0.1, -0.05) is 75.7 Å². The summed E-state index contributed by atoms with van der Waals surface area (Å²) >= 11 is 0. The Hall–Kier alpha value is -5.96. The van der Waals surface area contributed by atoms with Gasteiger partial charge in [-0.25, -0.2) is 0 Å². The normalized spacial score (nSPS) is 10.0. The average Bonchev–Trinajstić information content (AvgIpc) is 3.24. The molecule has 0 amide bonds. The summed E-state index contributed by atoms with van der Waals surface area (Å²) in [5.74, 6) is 2.35. The number of aromatic hydroxyl groups is 6. The van der Waals surface area contributed by atoms with Crippen LogP contribution in [-0.4, -0.2) is 63.7 Å². The van der Waals surface area contributed by atoms with Crippen LogP contribution in [0.4, 0.5) is 0 Å². The van der Waals surface area contributed by atoms with Crippen LogP contribution in [0.2, 0.25) is 0 Å². The van der Waals surface area contributed by atoms with E-state index in [0.717, 1.165) is 27.8 Å². The van der Waals surface area contributed by atoms with Crippen molar-refractivity contribution >= 4 is 11.6 Å². The zero-order valence-electron chi connectivity index (χ0n) is 39.6. The van der Waals surface area contributed by atoms with Crippen LogP contribution in [0.25, 0.3) is 0 Å². The molecule has 20 nitrogen and oxygen atoms in total. The van der Waals surface area contributed by atoms with Gasteiger partial charge in [0.1, 0.15) is 34.5 Å². The molecule has 4 rings (SSSR count). The third-order valence-electron chi connectivity index (χ3n) is 8.35. The van der Waals surface area contributed by atoms with Gasteiger partial charge in [0.05, 0.1) is 0 Å². The molecule has 0 bridgehead atoms. The van der Waals surface area contributed by atoms with Crippen molar-refractivity contribution in [1.29, 1.82) is 0 Å². The number of allylic oxidation sites excluding steroid dienone is 4. The summed E-state index contributed by atoms with van der Waals surface area (Å²) in [7, 11) is 0. The first-order valence-electron chi connectivity index (χ1n) is 18.8. The molecular weight excluding hydrogens is 904 g/mol. The van der Waals surface area contributed by atoms with Crippen LogP contribution >= 0.6 is 0 Å². The van der Waals surface area contributed by atoms with Gasteiger partial charge in [-0.05, 0) is 123 Å². The van der Waals surface area contributed by atoms with Crippen LogP contribution in [-0.2, 0) is 26.7 Å². The van der Waals surface area contributed by atoms with Crippen molar-refractivity contribution in [1.82, 2.24) is 0 Å². The van der Waals surface area contributed by atoms with Crippen molar-refractivity contribution in [2.75, 3.05) is 0 Å². The van der Waals surface area contributed by atoms with Gasteiger partial charge in [-0.2, -0.15) is 0 Å². The average molecular weight is 977 g/mol. The van der Waals surface area contributed by atoms with Gasteiger partial charge in [-0.15, -0.1) is 0 Å². The molecule has 0 heterocycles. The van der Waals surface area contributed by atoms with E-state index in [1.807, 2.05) is 62.3 Å². The minimum absolute atomic E-state index is 0. The fourth-order valence-corrected chi connectivity index (χ4v) is 4.80. The quantitative estimate of drug-likeness (QED) is 0.0396. The van der Waals surface area contributed by atoms with Crippen molar-refractivity contribution in [2.24, 2.45) is 5.92 Å². The Morgan fingerprint density at radius 2 is 0.738 bits per heavy atom. The molecule has 12 N–H and O–H groups in total. The molecule has 0 unspecified atom stereocenters. The Morgan fingerprint density at radius 3 is 1.02 bits per heavy atom. The maximum Gasteiger partial charge on any atom is 2.00 e. The predicted molar refractivity (Wildman–Crippen MR) is 255 cm³/mol. The van der Waals surface area contributed by atoms with E-state index in [0.29, 0.717) is 28.0 Å². The Kier molecular flexibility index (Phi) is 54.5. The summed E-state index contributed by atoms with van der Waals surface area (Å²) in [5.41, 5.74) is 6.46. The van der Waals surface area contributed by atoms with Gasteiger partial charge >= 0.3 is 17.1 Å². The first-order chi connectivity index (χ1) is 28.9. The van der Waals surface area contributed by atoms with Crippen molar-refractivity contribution in [3.8, 4) is 34.5 Å². The number of hydrogen-bond acceptors (Lipinski definition) is 18. The number of rotatable bonds is 4. The third kappa shape index (κ3) is 29.9. The van der Waals surface area contributed by atoms with Crippen LogP contribution in [0.3, 0.4) is 0 Å². The van der Waals surface area contributed by atoms with E-state index in [-0.39, 0.29) is 93.4 Å². The Labute approximate surface area is 391 Å². The van der Waals surface area contributed by atoms with Crippen molar-refractivity contribution in [3.05, 3.63) is 132 Å². The van der Waals surface area contributed by atoms with E-state index >= 15 is 0 Å². The fourth-order valence-electron chi connectivity index (χ4n) is 4.80. The van der Waals surface area contributed by atoms with Crippen LogP contribution in [0.1, 0.15) is 141 Å². The summed E-state index contributed by atoms with van der Waals surface area (Å²) in [6, 6.07) is 8.06. The maximum atomic E-state index is 11.3. The van der Waals surface area contributed by atoms with Crippen LogP contribution < -0.4 is 0 Å². The van der Waals surface area contributed by atoms with Gasteiger partial charge in [0, 0.05) is 69.0 Å². The number of benzene rings is 3. The predicted octanol–water partition coefficient (Wildman–Crippen LogP) is 9.86. The third-order valence-corrected chi connectivity index (χ3v) is 8.35. The first-order valence-corrected chi connectivity index (χ1v) is 18.8. The second-order valence-corrected chi connectivity index (χ2v) is 14.5. The largest absolute Gasteiger partial charge is 2.00 e. The number of ketones is 2. The van der Waals surface area contributed by atoms with E-state index in [9.17, 15) is 40.2 Å². The van der Waals surface area contributed by atoms with Gasteiger partial charge in [0.2, 0.25) is 0 Å². The molecule has 21 heteroatoms. The van der Waals surface area contributed by atoms with E-state index in [4.69, 9.17) is 50.2 Å². The van der Waals surface area contributed by atoms with E-state index in [1.165, 1.54) is 18.6 Å². The SMILES string of the molecule is CC1=CC(=O)C(C(C)C)=CC1=O.CCC.Cc1c(O)cc(C(C)C)c(O)c1C.Cc1cc(O)c(C(C)C)cc1O.Cc1cc(O)c(C(C)C)cc1O.O.O.O=O.O=O.O=O.O=O.OO.[Fe+2].[HH]. The van der Waals surface area contributed by atoms with Crippen molar-refractivity contribution in [3.63, 3.8) is 0 Å². The zero-order valence-corrected chi connectivity index (χ0v) is 40.7. The fraction of sp³-hybridized carbons (Fsp3) is 0.455. The molecule has 1 aliphatic rings. The monoisotopic (exact) mass is 976 g/mol. The molecular formula is C44H72FeO20+2. The molecule has 0 saturated heterocycles. The number of carbonyl (C=O) groups is 2. The van der Waals surface area contributed by atoms with Gasteiger partial charge in [0.15, 0.2) is 11.6 Å². The molecule has 0 aromatic heterocycles. The molecule has 374 valence electrons. The summed E-state index contributed by atoms with van der Waals surface area (Å²) in [4.78, 5) is 78.5. The van der Waals surface area contributed by atoms with E-state index in [2.05, 4.69) is 13.8 Å². The Balaban J connectivity index is -0.0000000715. The van der Waals surface area contributed by atoms with Crippen LogP contribution in [0, 0.1) is 73.3 Å². The zero-order chi connectivity index (χ0) is 50.8. The van der Waals surface area contributed by atoms with Crippen molar-refractivity contribution in [2.45, 2.75) is 128 Å². The molecule has 0 spiro atoms. The minimum Gasteiger partial charge on any atom is -0.508 e. The molecule has 0 radical (unpaired) electrons. The second-order valence-electron chi connectivity index (χ2n) is 14.5. The van der Waals surface area contributed by atoms with Gasteiger partial charge < -0.3 is 41.6 Å². The number of hydrogen-bond donors (Lipinski definition) is 8.